The molecule has 2 nitrogen and oxygen atoms in total. The number of hydrogen-bond acceptors (Lipinski definition) is 2. The predicted octanol–water partition coefficient (Wildman–Crippen LogP) is 3.32. The molecule has 0 aliphatic heterocycles. The van der Waals surface area contributed by atoms with E-state index < -0.39 is 0 Å². The quantitative estimate of drug-likeness (QED) is 0.356. The molecule has 0 aromatic heterocycles. The second-order valence-electron chi connectivity index (χ2n) is 3.89. The number of carbonyl (C=O) groups excluding carboxylic acids is 1. The molecule has 0 amide bonds. The second-order valence-corrected chi connectivity index (χ2v) is 3.89. The predicted molar refractivity (Wildman–Crippen MR) is 59.1 cm³/mol. The van der Waals surface area contributed by atoms with Gasteiger partial charge in [0, 0.05) is 6.42 Å². The monoisotopic (exact) mass is 198 g/mol. The van der Waals surface area contributed by atoms with E-state index >= 15 is 0 Å². The summed E-state index contributed by atoms with van der Waals surface area (Å²) in [5.74, 6) is 0.284. The third kappa shape index (κ3) is 9.30. The lowest BCUT2D eigenvalue weighted by Gasteiger charge is -2.03. The Hall–Kier alpha value is -0.790. The van der Waals surface area contributed by atoms with Gasteiger partial charge < -0.3 is 4.74 Å². The molecule has 0 aromatic carbocycles. The van der Waals surface area contributed by atoms with Crippen LogP contribution in [0.2, 0.25) is 0 Å². The second kappa shape index (κ2) is 8.79. The van der Waals surface area contributed by atoms with Crippen LogP contribution in [0.25, 0.3) is 0 Å². The fraction of sp³-hybridized carbons (Fsp3) is 0.750. The maximum atomic E-state index is 11.1. The molecule has 82 valence electrons. The Morgan fingerprint density at radius 3 is 2.64 bits per heavy atom. The number of carbonyl (C=O) groups is 1. The van der Waals surface area contributed by atoms with Gasteiger partial charge in [-0.2, -0.15) is 0 Å². The third-order valence-corrected chi connectivity index (χ3v) is 1.81. The summed E-state index contributed by atoms with van der Waals surface area (Å²) in [6.07, 6.45) is 8.01. The van der Waals surface area contributed by atoms with Gasteiger partial charge in [-0.15, -0.1) is 0 Å². The SMILES string of the molecule is CCCCC=CCOC(=O)CC(C)C. The highest BCUT2D eigenvalue weighted by Gasteiger charge is 2.03. The maximum Gasteiger partial charge on any atom is 0.306 e. The molecule has 0 aliphatic carbocycles. The van der Waals surface area contributed by atoms with Gasteiger partial charge >= 0.3 is 5.97 Å². The number of unbranched alkanes of at least 4 members (excludes halogenated alkanes) is 2. The lowest BCUT2D eigenvalue weighted by Crippen LogP contribution is -2.07. The smallest absolute Gasteiger partial charge is 0.306 e. The van der Waals surface area contributed by atoms with E-state index in [0.717, 1.165) is 6.42 Å². The molecule has 14 heavy (non-hydrogen) atoms. The van der Waals surface area contributed by atoms with Crippen molar-refractivity contribution in [1.29, 1.82) is 0 Å². The van der Waals surface area contributed by atoms with Gasteiger partial charge in [0.1, 0.15) is 6.61 Å². The number of hydrogen-bond donors (Lipinski definition) is 0. The lowest BCUT2D eigenvalue weighted by molar-refractivity contribution is -0.143. The van der Waals surface area contributed by atoms with Crippen LogP contribution in [0.15, 0.2) is 12.2 Å². The van der Waals surface area contributed by atoms with Crippen LogP contribution >= 0.6 is 0 Å². The van der Waals surface area contributed by atoms with Crippen LogP contribution in [0.3, 0.4) is 0 Å². The van der Waals surface area contributed by atoms with E-state index in [2.05, 4.69) is 13.0 Å². The van der Waals surface area contributed by atoms with Crippen LogP contribution < -0.4 is 0 Å². The van der Waals surface area contributed by atoms with Gasteiger partial charge in [0.25, 0.3) is 0 Å². The van der Waals surface area contributed by atoms with Gasteiger partial charge in [0.05, 0.1) is 0 Å². The highest BCUT2D eigenvalue weighted by atomic mass is 16.5. The largest absolute Gasteiger partial charge is 0.461 e. The average Bonchev–Trinajstić information content (AvgIpc) is 2.10. The maximum absolute atomic E-state index is 11.1. The van der Waals surface area contributed by atoms with Crippen molar-refractivity contribution in [3.05, 3.63) is 12.2 Å². The fourth-order valence-corrected chi connectivity index (χ4v) is 1.04. The first-order chi connectivity index (χ1) is 6.66. The Morgan fingerprint density at radius 2 is 2.07 bits per heavy atom. The Morgan fingerprint density at radius 1 is 1.36 bits per heavy atom. The minimum absolute atomic E-state index is 0.0971. The van der Waals surface area contributed by atoms with E-state index in [1.807, 2.05) is 19.9 Å². The van der Waals surface area contributed by atoms with Crippen LogP contribution in [0, 0.1) is 5.92 Å². The molecular formula is C12H22O2. The first-order valence-electron chi connectivity index (χ1n) is 5.47. The zero-order valence-corrected chi connectivity index (χ0v) is 9.58. The molecule has 0 saturated heterocycles. The van der Waals surface area contributed by atoms with Crippen molar-refractivity contribution >= 4 is 5.97 Å². The molecule has 0 unspecified atom stereocenters. The lowest BCUT2D eigenvalue weighted by atomic mass is 10.1. The molecule has 0 spiro atoms. The summed E-state index contributed by atoms with van der Waals surface area (Å²) in [5, 5.41) is 0. The van der Waals surface area contributed by atoms with E-state index in [1.165, 1.54) is 12.8 Å². The van der Waals surface area contributed by atoms with Crippen molar-refractivity contribution in [3.63, 3.8) is 0 Å². The molecule has 0 rings (SSSR count). The number of rotatable bonds is 7. The van der Waals surface area contributed by atoms with Crippen molar-refractivity contribution in [2.24, 2.45) is 5.92 Å². The normalized spacial score (nSPS) is 11.1. The summed E-state index contributed by atoms with van der Waals surface area (Å²) in [7, 11) is 0. The van der Waals surface area contributed by atoms with Crippen LogP contribution in [0.5, 0.6) is 0 Å². The molecule has 0 aliphatic rings. The average molecular weight is 198 g/mol. The highest BCUT2D eigenvalue weighted by Crippen LogP contribution is 2.01. The van der Waals surface area contributed by atoms with Crippen LogP contribution in [0.4, 0.5) is 0 Å². The summed E-state index contributed by atoms with van der Waals surface area (Å²) in [5.41, 5.74) is 0. The van der Waals surface area contributed by atoms with E-state index in [4.69, 9.17) is 4.74 Å². The molecule has 0 N–H and O–H groups in total. The van der Waals surface area contributed by atoms with E-state index in [1.54, 1.807) is 0 Å². The minimum Gasteiger partial charge on any atom is -0.461 e. The molecule has 0 bridgehead atoms. The van der Waals surface area contributed by atoms with Crippen molar-refractivity contribution < 1.29 is 9.53 Å². The van der Waals surface area contributed by atoms with E-state index in [-0.39, 0.29) is 5.97 Å². The van der Waals surface area contributed by atoms with Crippen LogP contribution in [-0.2, 0) is 9.53 Å². The zero-order valence-electron chi connectivity index (χ0n) is 9.58. The van der Waals surface area contributed by atoms with Gasteiger partial charge in [-0.1, -0.05) is 45.8 Å². The summed E-state index contributed by atoms with van der Waals surface area (Å²) in [6, 6.07) is 0. The van der Waals surface area contributed by atoms with Gasteiger partial charge in [0.2, 0.25) is 0 Å². The van der Waals surface area contributed by atoms with Crippen molar-refractivity contribution in [2.45, 2.75) is 46.5 Å². The number of ether oxygens (including phenoxy) is 1. The minimum atomic E-state index is -0.0971. The highest BCUT2D eigenvalue weighted by molar-refractivity contribution is 5.69. The molecule has 0 saturated carbocycles. The third-order valence-electron chi connectivity index (χ3n) is 1.81. The Labute approximate surface area is 87.3 Å². The Bertz CT molecular complexity index is 171. The molecule has 0 atom stereocenters. The molecule has 0 radical (unpaired) electrons. The number of allylic oxidation sites excluding steroid dienone is 1. The fourth-order valence-electron chi connectivity index (χ4n) is 1.04. The van der Waals surface area contributed by atoms with Crippen molar-refractivity contribution in [2.75, 3.05) is 6.61 Å². The topological polar surface area (TPSA) is 26.3 Å². The summed E-state index contributed by atoms with van der Waals surface area (Å²) < 4.78 is 5.01. The van der Waals surface area contributed by atoms with E-state index in [9.17, 15) is 4.79 Å². The van der Waals surface area contributed by atoms with Gasteiger partial charge in [-0.05, 0) is 12.3 Å². The first kappa shape index (κ1) is 13.2. The molecule has 0 fully saturated rings. The molecule has 2 heteroatoms. The van der Waals surface area contributed by atoms with Gasteiger partial charge in [-0.25, -0.2) is 0 Å². The Balaban J connectivity index is 3.34. The van der Waals surface area contributed by atoms with Crippen LogP contribution in [0.1, 0.15) is 46.5 Å². The summed E-state index contributed by atoms with van der Waals surface area (Å²) >= 11 is 0. The zero-order chi connectivity index (χ0) is 10.8. The Kier molecular flexibility index (Phi) is 8.30. The van der Waals surface area contributed by atoms with Gasteiger partial charge in [-0.3, -0.25) is 4.79 Å². The van der Waals surface area contributed by atoms with Gasteiger partial charge in [0.15, 0.2) is 0 Å². The van der Waals surface area contributed by atoms with E-state index in [0.29, 0.717) is 18.9 Å². The molecule has 0 heterocycles. The molecule has 0 aromatic rings. The number of esters is 1. The van der Waals surface area contributed by atoms with Crippen molar-refractivity contribution in [1.82, 2.24) is 0 Å². The van der Waals surface area contributed by atoms with Crippen molar-refractivity contribution in [3.8, 4) is 0 Å². The first-order valence-corrected chi connectivity index (χ1v) is 5.47. The van der Waals surface area contributed by atoms with Crippen LogP contribution in [-0.4, -0.2) is 12.6 Å². The summed E-state index contributed by atoms with van der Waals surface area (Å²) in [6.45, 7) is 6.61. The standard InChI is InChI=1S/C12H22O2/c1-4-5-6-7-8-9-14-12(13)10-11(2)3/h7-8,11H,4-6,9-10H2,1-3H3. The molecular weight excluding hydrogens is 176 g/mol. The summed E-state index contributed by atoms with van der Waals surface area (Å²) in [4.78, 5) is 11.1.